The van der Waals surface area contributed by atoms with Gasteiger partial charge < -0.3 is 14.8 Å². The van der Waals surface area contributed by atoms with E-state index in [1.807, 2.05) is 60.0 Å². The van der Waals surface area contributed by atoms with Crippen LogP contribution in [0, 0.1) is 0 Å². The SMILES string of the molecule is COc1ccc(OC)c([C@@H]2C3=C(C[C@@H](c4cccs4)CC3=O)Nc3[nH]n(-c4ccccc4)c(=O)c32)c1. The Balaban J connectivity index is 1.57. The number of nitrogens with zero attached hydrogens (tertiary/aromatic N) is 1. The van der Waals surface area contributed by atoms with Crippen LogP contribution in [0.2, 0.25) is 0 Å². The molecule has 2 aromatic heterocycles. The summed E-state index contributed by atoms with van der Waals surface area (Å²) in [5, 5.41) is 8.73. The van der Waals surface area contributed by atoms with Gasteiger partial charge in [-0.3, -0.25) is 14.7 Å². The molecule has 0 saturated heterocycles. The molecule has 2 N–H and O–H groups in total. The quantitative estimate of drug-likeness (QED) is 0.394. The number of fused-ring (bicyclic) bond motifs is 1. The van der Waals surface area contributed by atoms with Crippen molar-refractivity contribution in [1.82, 2.24) is 9.78 Å². The molecule has 0 unspecified atom stereocenters. The number of para-hydroxylation sites is 1. The number of carbonyl (C=O) groups is 1. The maximum Gasteiger partial charge on any atom is 0.277 e. The molecule has 6 rings (SSSR count). The van der Waals surface area contributed by atoms with E-state index in [1.54, 1.807) is 25.6 Å². The van der Waals surface area contributed by atoms with E-state index >= 15 is 0 Å². The molecule has 0 amide bonds. The molecule has 2 aromatic carbocycles. The van der Waals surface area contributed by atoms with Gasteiger partial charge in [-0.25, -0.2) is 4.68 Å². The van der Waals surface area contributed by atoms with Crippen molar-refractivity contribution in [2.45, 2.75) is 24.7 Å². The number of nitrogens with one attached hydrogen (secondary N) is 2. The lowest BCUT2D eigenvalue weighted by Crippen LogP contribution is -2.32. The number of benzene rings is 2. The zero-order valence-electron chi connectivity index (χ0n) is 19.9. The maximum absolute atomic E-state index is 13.9. The van der Waals surface area contributed by atoms with Crippen molar-refractivity contribution in [3.63, 3.8) is 0 Å². The Kier molecular flexibility index (Phi) is 5.53. The average molecular weight is 500 g/mol. The van der Waals surface area contributed by atoms with Gasteiger partial charge in [-0.15, -0.1) is 11.3 Å². The third-order valence-electron chi connectivity index (χ3n) is 7.00. The molecule has 4 aromatic rings. The van der Waals surface area contributed by atoms with Gasteiger partial charge in [0.05, 0.1) is 31.4 Å². The second kappa shape index (κ2) is 8.87. The van der Waals surface area contributed by atoms with Crippen LogP contribution in [0.1, 0.15) is 40.7 Å². The van der Waals surface area contributed by atoms with Gasteiger partial charge in [0.25, 0.3) is 5.56 Å². The number of hydrogen-bond donors (Lipinski definition) is 2. The molecule has 0 bridgehead atoms. The largest absolute Gasteiger partial charge is 0.497 e. The Hall–Kier alpha value is -4.04. The topological polar surface area (TPSA) is 85.3 Å². The lowest BCUT2D eigenvalue weighted by Gasteiger charge is -2.34. The summed E-state index contributed by atoms with van der Waals surface area (Å²) in [6.45, 7) is 0. The Morgan fingerprint density at radius 2 is 1.81 bits per heavy atom. The van der Waals surface area contributed by atoms with Gasteiger partial charge in [0, 0.05) is 34.0 Å². The Morgan fingerprint density at radius 1 is 0.972 bits per heavy atom. The normalized spacial score (nSPS) is 18.9. The maximum atomic E-state index is 13.9. The van der Waals surface area contributed by atoms with Crippen LogP contribution in [-0.2, 0) is 4.79 Å². The van der Waals surface area contributed by atoms with Crippen molar-refractivity contribution in [2.75, 3.05) is 19.5 Å². The first-order valence-electron chi connectivity index (χ1n) is 11.8. The summed E-state index contributed by atoms with van der Waals surface area (Å²) in [4.78, 5) is 28.8. The molecular formula is C28H25N3O4S. The summed E-state index contributed by atoms with van der Waals surface area (Å²) < 4.78 is 12.7. The number of ketones is 1. The fraction of sp³-hybridized carbons (Fsp3) is 0.214. The number of anilines is 1. The van der Waals surface area contributed by atoms with Crippen molar-refractivity contribution in [3.8, 4) is 17.2 Å². The number of hydrogen-bond acceptors (Lipinski definition) is 6. The molecule has 7 nitrogen and oxygen atoms in total. The molecular weight excluding hydrogens is 474 g/mol. The number of thiophene rings is 1. The predicted octanol–water partition coefficient (Wildman–Crippen LogP) is 5.20. The zero-order chi connectivity index (χ0) is 24.8. The number of H-pyrrole nitrogens is 1. The lowest BCUT2D eigenvalue weighted by atomic mass is 9.73. The van der Waals surface area contributed by atoms with Crippen molar-refractivity contribution in [3.05, 3.63) is 104 Å². The van der Waals surface area contributed by atoms with Crippen LogP contribution in [0.3, 0.4) is 0 Å². The summed E-state index contributed by atoms with van der Waals surface area (Å²) >= 11 is 1.67. The van der Waals surface area contributed by atoms with Gasteiger partial charge in [0.1, 0.15) is 17.3 Å². The standard InChI is InChI=1S/C28H25N3O4S/c1-34-18-10-11-22(35-2)19(15-18)24-25-20(13-16(14-21(25)32)23-9-6-12-36-23)29-27-26(24)28(33)31(30-27)17-7-4-3-5-8-17/h3-12,15-16,24,29-30H,13-14H2,1-2H3/t16-,24-/m1/s1. The molecule has 0 spiro atoms. The van der Waals surface area contributed by atoms with Crippen LogP contribution in [0.4, 0.5) is 5.82 Å². The summed E-state index contributed by atoms with van der Waals surface area (Å²) in [7, 11) is 3.19. The monoisotopic (exact) mass is 499 g/mol. The van der Waals surface area contributed by atoms with Crippen molar-refractivity contribution in [1.29, 1.82) is 0 Å². The van der Waals surface area contributed by atoms with E-state index in [9.17, 15) is 9.59 Å². The van der Waals surface area contributed by atoms with E-state index in [0.29, 0.717) is 41.3 Å². The molecule has 36 heavy (non-hydrogen) atoms. The van der Waals surface area contributed by atoms with Crippen LogP contribution < -0.4 is 20.3 Å². The molecule has 2 aliphatic rings. The number of aromatic amines is 1. The summed E-state index contributed by atoms with van der Waals surface area (Å²) in [5.41, 5.74) is 3.19. The predicted molar refractivity (Wildman–Crippen MR) is 140 cm³/mol. The van der Waals surface area contributed by atoms with Gasteiger partial charge in [-0.2, -0.15) is 0 Å². The first-order chi connectivity index (χ1) is 17.6. The highest BCUT2D eigenvalue weighted by atomic mass is 32.1. The molecule has 1 aliphatic carbocycles. The highest BCUT2D eigenvalue weighted by Crippen LogP contribution is 2.49. The first-order valence-corrected chi connectivity index (χ1v) is 12.7. The Morgan fingerprint density at radius 3 is 2.53 bits per heavy atom. The minimum Gasteiger partial charge on any atom is -0.497 e. The second-order valence-corrected chi connectivity index (χ2v) is 9.96. The van der Waals surface area contributed by atoms with Crippen LogP contribution in [0.5, 0.6) is 11.5 Å². The minimum atomic E-state index is -0.591. The van der Waals surface area contributed by atoms with E-state index < -0.39 is 5.92 Å². The van der Waals surface area contributed by atoms with Crippen LogP contribution in [-0.4, -0.2) is 29.8 Å². The molecule has 0 fully saturated rings. The van der Waals surface area contributed by atoms with Crippen molar-refractivity contribution >= 4 is 22.9 Å². The van der Waals surface area contributed by atoms with E-state index in [4.69, 9.17) is 9.47 Å². The summed E-state index contributed by atoms with van der Waals surface area (Å²) in [6.07, 6.45) is 1.08. The fourth-order valence-corrected chi connectivity index (χ4v) is 6.18. The van der Waals surface area contributed by atoms with E-state index in [2.05, 4.69) is 16.5 Å². The molecule has 2 atom stereocenters. The summed E-state index contributed by atoms with van der Waals surface area (Å²) in [6, 6.07) is 19.0. The van der Waals surface area contributed by atoms with Crippen LogP contribution >= 0.6 is 11.3 Å². The van der Waals surface area contributed by atoms with Gasteiger partial charge in [0.2, 0.25) is 0 Å². The van der Waals surface area contributed by atoms with E-state index in [-0.39, 0.29) is 17.3 Å². The molecule has 0 saturated carbocycles. The first kappa shape index (κ1) is 22.4. The number of Topliss-reactive ketones (excluding diaryl/α,β-unsaturated/α-hetero) is 1. The number of allylic oxidation sites excluding steroid dienone is 2. The molecule has 8 heteroatoms. The molecule has 0 radical (unpaired) electrons. The number of ether oxygens (including phenoxy) is 2. The minimum absolute atomic E-state index is 0.0366. The average Bonchev–Trinajstić information content (AvgIpc) is 3.56. The number of rotatable bonds is 5. The van der Waals surface area contributed by atoms with Gasteiger partial charge in [-0.1, -0.05) is 24.3 Å². The van der Waals surface area contributed by atoms with Gasteiger partial charge in [-0.05, 0) is 48.2 Å². The van der Waals surface area contributed by atoms with Gasteiger partial charge in [0.15, 0.2) is 5.78 Å². The van der Waals surface area contributed by atoms with Crippen molar-refractivity contribution in [2.24, 2.45) is 0 Å². The van der Waals surface area contributed by atoms with E-state index in [1.165, 1.54) is 9.56 Å². The van der Waals surface area contributed by atoms with Crippen molar-refractivity contribution < 1.29 is 14.3 Å². The van der Waals surface area contributed by atoms with Crippen LogP contribution in [0.15, 0.2) is 82.1 Å². The Bertz CT molecular complexity index is 1530. The second-order valence-electron chi connectivity index (χ2n) is 8.98. The highest BCUT2D eigenvalue weighted by Gasteiger charge is 2.42. The molecule has 1 aliphatic heterocycles. The zero-order valence-corrected chi connectivity index (χ0v) is 20.7. The van der Waals surface area contributed by atoms with Gasteiger partial charge >= 0.3 is 0 Å². The summed E-state index contributed by atoms with van der Waals surface area (Å²) in [5.74, 6) is 1.37. The van der Waals surface area contributed by atoms with E-state index in [0.717, 1.165) is 16.9 Å². The third kappa shape index (κ3) is 3.56. The number of methoxy groups -OCH3 is 2. The number of carbonyl (C=O) groups excluding carboxylic acids is 1. The third-order valence-corrected chi connectivity index (χ3v) is 8.03. The fourth-order valence-electron chi connectivity index (χ4n) is 5.35. The number of aromatic nitrogens is 2. The smallest absolute Gasteiger partial charge is 0.277 e. The molecule has 3 heterocycles. The Labute approximate surface area is 212 Å². The molecule has 182 valence electrons. The lowest BCUT2D eigenvalue weighted by molar-refractivity contribution is -0.116. The van der Waals surface area contributed by atoms with Crippen LogP contribution in [0.25, 0.3) is 5.69 Å². The highest BCUT2D eigenvalue weighted by molar-refractivity contribution is 7.10.